The molecule has 0 aliphatic heterocycles. The molecule has 4 heteroatoms. The van der Waals surface area contributed by atoms with E-state index in [9.17, 15) is 0 Å². The van der Waals surface area contributed by atoms with E-state index in [2.05, 4.69) is 48.4 Å². The van der Waals surface area contributed by atoms with E-state index in [1.165, 1.54) is 34.7 Å². The smallest absolute Gasteiger partial charge is 0.151 e. The van der Waals surface area contributed by atoms with Crippen molar-refractivity contribution in [2.45, 2.75) is 49.9 Å². The summed E-state index contributed by atoms with van der Waals surface area (Å²) in [5.74, 6) is 1.10. The number of nitrogens with zero attached hydrogens (tertiary/aromatic N) is 1. The van der Waals surface area contributed by atoms with E-state index in [4.69, 9.17) is 0 Å². The fourth-order valence-corrected chi connectivity index (χ4v) is 4.17. The highest BCUT2D eigenvalue weighted by Gasteiger charge is 2.04. The largest absolute Gasteiger partial charge is 0.313 e. The molecular weight excluding hydrogens is 284 g/mol. The molecule has 0 bridgehead atoms. The molecule has 1 unspecified atom stereocenters. The quantitative estimate of drug-likeness (QED) is 0.524. The molecule has 0 saturated carbocycles. The predicted octanol–water partition coefficient (Wildman–Crippen LogP) is 4.95. The Labute approximate surface area is 130 Å². The van der Waals surface area contributed by atoms with Crippen LogP contribution in [-0.4, -0.2) is 23.3 Å². The molecular formula is C16H24N2S2. The Bertz CT molecular complexity index is 477. The molecule has 1 heterocycles. The van der Waals surface area contributed by atoms with Crippen LogP contribution in [0.25, 0.3) is 10.2 Å². The van der Waals surface area contributed by atoms with Crippen molar-refractivity contribution in [2.24, 2.45) is 0 Å². The van der Waals surface area contributed by atoms with Gasteiger partial charge in [-0.25, -0.2) is 4.98 Å². The number of benzene rings is 1. The topological polar surface area (TPSA) is 24.9 Å². The monoisotopic (exact) mass is 308 g/mol. The summed E-state index contributed by atoms with van der Waals surface area (Å²) in [6.45, 7) is 5.61. The van der Waals surface area contributed by atoms with Crippen LogP contribution in [0.15, 0.2) is 28.6 Å². The highest BCUT2D eigenvalue weighted by Crippen LogP contribution is 2.28. The summed E-state index contributed by atoms with van der Waals surface area (Å²) in [4.78, 5) is 4.64. The van der Waals surface area contributed by atoms with Crippen molar-refractivity contribution in [3.8, 4) is 0 Å². The summed E-state index contributed by atoms with van der Waals surface area (Å²) >= 11 is 3.66. The van der Waals surface area contributed by atoms with Gasteiger partial charge in [0.25, 0.3) is 0 Å². The average Bonchev–Trinajstić information content (AvgIpc) is 2.86. The first-order valence-corrected chi connectivity index (χ1v) is 9.31. The maximum Gasteiger partial charge on any atom is 0.151 e. The third kappa shape index (κ3) is 5.08. The molecule has 2 rings (SSSR count). The van der Waals surface area contributed by atoms with Crippen molar-refractivity contribution in [1.29, 1.82) is 0 Å². The van der Waals surface area contributed by atoms with Gasteiger partial charge < -0.3 is 5.32 Å². The summed E-state index contributed by atoms with van der Waals surface area (Å²) < 4.78 is 2.47. The van der Waals surface area contributed by atoms with Crippen LogP contribution in [-0.2, 0) is 0 Å². The molecule has 1 aromatic carbocycles. The van der Waals surface area contributed by atoms with Crippen LogP contribution in [0.2, 0.25) is 0 Å². The van der Waals surface area contributed by atoms with Crippen molar-refractivity contribution in [3.05, 3.63) is 24.3 Å². The number of unbranched alkanes of at least 4 members (excludes halogenated alkanes) is 2. The number of hydrogen-bond acceptors (Lipinski definition) is 4. The normalized spacial score (nSPS) is 12.9. The first kappa shape index (κ1) is 15.8. The average molecular weight is 309 g/mol. The Morgan fingerprint density at radius 1 is 1.30 bits per heavy atom. The van der Waals surface area contributed by atoms with Crippen LogP contribution in [0.5, 0.6) is 0 Å². The van der Waals surface area contributed by atoms with E-state index in [1.54, 1.807) is 11.3 Å². The lowest BCUT2D eigenvalue weighted by Gasteiger charge is -2.12. The highest BCUT2D eigenvalue weighted by molar-refractivity contribution is 8.01. The lowest BCUT2D eigenvalue weighted by atomic mass is 10.1. The van der Waals surface area contributed by atoms with Gasteiger partial charge in [0, 0.05) is 18.3 Å². The second kappa shape index (κ2) is 8.65. The lowest BCUT2D eigenvalue weighted by Crippen LogP contribution is -2.28. The van der Waals surface area contributed by atoms with Crippen molar-refractivity contribution in [2.75, 3.05) is 12.3 Å². The summed E-state index contributed by atoms with van der Waals surface area (Å²) in [6, 6.07) is 9.00. The van der Waals surface area contributed by atoms with Gasteiger partial charge in [0.15, 0.2) is 4.34 Å². The van der Waals surface area contributed by atoms with Gasteiger partial charge in [-0.05, 0) is 25.5 Å². The highest BCUT2D eigenvalue weighted by atomic mass is 32.2. The Kier molecular flexibility index (Phi) is 6.83. The Morgan fingerprint density at radius 3 is 2.95 bits per heavy atom. The third-order valence-electron chi connectivity index (χ3n) is 3.34. The molecule has 1 atom stereocenters. The second-order valence-electron chi connectivity index (χ2n) is 5.15. The molecule has 0 aliphatic carbocycles. The number of fused-ring (bicyclic) bond motifs is 1. The number of nitrogens with one attached hydrogen (secondary N) is 1. The fraction of sp³-hybridized carbons (Fsp3) is 0.562. The Balaban J connectivity index is 1.65. The molecule has 0 radical (unpaired) electrons. The molecule has 2 aromatic rings. The Hall–Kier alpha value is -0.580. The molecule has 0 fully saturated rings. The molecule has 1 aromatic heterocycles. The first-order chi connectivity index (χ1) is 9.79. The lowest BCUT2D eigenvalue weighted by molar-refractivity contribution is 0.502. The van der Waals surface area contributed by atoms with Crippen LogP contribution in [0.3, 0.4) is 0 Å². The van der Waals surface area contributed by atoms with E-state index in [1.807, 2.05) is 11.8 Å². The van der Waals surface area contributed by atoms with E-state index < -0.39 is 0 Å². The van der Waals surface area contributed by atoms with Gasteiger partial charge in [0.1, 0.15) is 0 Å². The molecule has 110 valence electrons. The number of thioether (sulfide) groups is 1. The number of thiazole rings is 1. The molecule has 2 nitrogen and oxygen atoms in total. The van der Waals surface area contributed by atoms with Crippen LogP contribution >= 0.6 is 23.1 Å². The van der Waals surface area contributed by atoms with Crippen molar-refractivity contribution in [1.82, 2.24) is 10.3 Å². The van der Waals surface area contributed by atoms with Crippen LogP contribution in [0.1, 0.15) is 39.5 Å². The van der Waals surface area contributed by atoms with Gasteiger partial charge in [0.05, 0.1) is 10.2 Å². The maximum absolute atomic E-state index is 4.64. The maximum atomic E-state index is 4.64. The zero-order chi connectivity index (χ0) is 14.2. The van der Waals surface area contributed by atoms with Gasteiger partial charge in [-0.2, -0.15) is 0 Å². The molecule has 0 aliphatic rings. The molecule has 20 heavy (non-hydrogen) atoms. The van der Waals surface area contributed by atoms with E-state index in [0.717, 1.165) is 17.8 Å². The summed E-state index contributed by atoms with van der Waals surface area (Å²) in [5, 5.41) is 3.60. The first-order valence-electron chi connectivity index (χ1n) is 7.51. The predicted molar refractivity (Wildman–Crippen MR) is 92.0 cm³/mol. The third-order valence-corrected chi connectivity index (χ3v) is 5.52. The summed E-state index contributed by atoms with van der Waals surface area (Å²) in [6.07, 6.45) is 5.29. The second-order valence-corrected chi connectivity index (χ2v) is 7.52. The van der Waals surface area contributed by atoms with Gasteiger partial charge in [-0.1, -0.05) is 50.1 Å². The number of aromatic nitrogens is 1. The fourth-order valence-electron chi connectivity index (χ4n) is 2.16. The molecule has 0 saturated heterocycles. The SMILES string of the molecule is CCCCCC(C)NCCSc1nc2ccccc2s1. The summed E-state index contributed by atoms with van der Waals surface area (Å²) in [5.41, 5.74) is 1.13. The van der Waals surface area contributed by atoms with Crippen molar-refractivity contribution >= 4 is 33.3 Å². The number of rotatable bonds is 9. The van der Waals surface area contributed by atoms with Crippen LogP contribution in [0, 0.1) is 0 Å². The minimum absolute atomic E-state index is 0.637. The zero-order valence-electron chi connectivity index (χ0n) is 12.4. The van der Waals surface area contributed by atoms with Gasteiger partial charge in [0.2, 0.25) is 0 Å². The summed E-state index contributed by atoms with van der Waals surface area (Å²) in [7, 11) is 0. The molecule has 1 N–H and O–H groups in total. The molecule has 0 amide bonds. The van der Waals surface area contributed by atoms with Gasteiger partial charge >= 0.3 is 0 Å². The van der Waals surface area contributed by atoms with Crippen molar-refractivity contribution in [3.63, 3.8) is 0 Å². The molecule has 0 spiro atoms. The van der Waals surface area contributed by atoms with E-state index in [0.29, 0.717) is 6.04 Å². The standard InChI is InChI=1S/C16H24N2S2/c1-3-4-5-8-13(2)17-11-12-19-16-18-14-9-6-7-10-15(14)20-16/h6-7,9-10,13,17H,3-5,8,11-12H2,1-2H3. The van der Waals surface area contributed by atoms with E-state index >= 15 is 0 Å². The zero-order valence-corrected chi connectivity index (χ0v) is 14.0. The Morgan fingerprint density at radius 2 is 2.15 bits per heavy atom. The van der Waals surface area contributed by atoms with Crippen LogP contribution < -0.4 is 5.32 Å². The van der Waals surface area contributed by atoms with Crippen molar-refractivity contribution < 1.29 is 0 Å². The van der Waals surface area contributed by atoms with Crippen LogP contribution in [0.4, 0.5) is 0 Å². The minimum atomic E-state index is 0.637. The minimum Gasteiger partial charge on any atom is -0.313 e. The van der Waals surface area contributed by atoms with Gasteiger partial charge in [-0.15, -0.1) is 11.3 Å². The van der Waals surface area contributed by atoms with Gasteiger partial charge in [-0.3, -0.25) is 0 Å². The number of hydrogen-bond donors (Lipinski definition) is 1. The number of para-hydroxylation sites is 1. The van der Waals surface area contributed by atoms with E-state index in [-0.39, 0.29) is 0 Å².